The van der Waals surface area contributed by atoms with E-state index in [9.17, 15) is 4.79 Å². The zero-order valence-electron chi connectivity index (χ0n) is 21.4. The van der Waals surface area contributed by atoms with Gasteiger partial charge in [-0.2, -0.15) is 0 Å². The number of carbonyl (C=O) groups excluding carboxylic acids is 1. The zero-order chi connectivity index (χ0) is 24.5. The highest BCUT2D eigenvalue weighted by Gasteiger charge is 2.68. The van der Waals surface area contributed by atoms with Crippen molar-refractivity contribution < 1.29 is 18.7 Å². The Kier molecular flexibility index (Phi) is 5.95. The average Bonchev–Trinajstić information content (AvgIpc) is 3.41. The quantitative estimate of drug-likeness (QED) is 0.310. The predicted molar refractivity (Wildman–Crippen MR) is 142 cm³/mol. The summed E-state index contributed by atoms with van der Waals surface area (Å²) in [5, 5.41) is 0. The molecule has 6 heteroatoms. The number of hydrogen-bond donors (Lipinski definition) is 0. The summed E-state index contributed by atoms with van der Waals surface area (Å²) in [4.78, 5) is 14.0. The van der Waals surface area contributed by atoms with Gasteiger partial charge < -0.3 is 13.9 Å². The molecule has 6 aliphatic rings. The van der Waals surface area contributed by atoms with Crippen molar-refractivity contribution in [1.82, 2.24) is 0 Å². The molecule has 0 N–H and O–H groups in total. The van der Waals surface area contributed by atoms with Gasteiger partial charge in [-0.3, -0.25) is 4.79 Å². The molecule has 4 heterocycles. The third-order valence-corrected chi connectivity index (χ3v) is 12.9. The van der Waals surface area contributed by atoms with Crippen molar-refractivity contribution >= 4 is 29.3 Å². The van der Waals surface area contributed by atoms with E-state index in [4.69, 9.17) is 13.9 Å². The monoisotopic (exact) mass is 514 g/mol. The molecule has 0 radical (unpaired) electrons. The molecular formula is C29H38O4S2. The van der Waals surface area contributed by atoms with Gasteiger partial charge in [0.25, 0.3) is 0 Å². The van der Waals surface area contributed by atoms with E-state index in [0.717, 1.165) is 38.7 Å². The third-order valence-electron chi connectivity index (χ3n) is 10.3. The minimum Gasteiger partial charge on any atom is -0.472 e. The first kappa shape index (κ1) is 24.4. The molecule has 0 aromatic carbocycles. The maximum atomic E-state index is 14.0. The third kappa shape index (κ3) is 3.38. The Morgan fingerprint density at radius 2 is 1.97 bits per heavy atom. The van der Waals surface area contributed by atoms with Crippen molar-refractivity contribution in [3.63, 3.8) is 0 Å². The molecule has 0 amide bonds. The normalized spacial score (nSPS) is 42.1. The van der Waals surface area contributed by atoms with E-state index in [1.165, 1.54) is 22.2 Å². The first-order valence-corrected chi connectivity index (χ1v) is 15.2. The lowest BCUT2D eigenvalue weighted by Gasteiger charge is -2.68. The Bertz CT molecular complexity index is 1040. The second kappa shape index (κ2) is 8.54. The highest BCUT2D eigenvalue weighted by molar-refractivity contribution is 8.22. The highest BCUT2D eigenvalue weighted by atomic mass is 32.2. The number of Topliss-reactive ketones (excluding diaryl/α,β-unsaturated/α-hetero) is 1. The van der Waals surface area contributed by atoms with Crippen LogP contribution in [0.2, 0.25) is 0 Å². The van der Waals surface area contributed by atoms with Crippen LogP contribution in [0.3, 0.4) is 0 Å². The number of fused-ring (bicyclic) bond motifs is 3. The molecule has 1 aromatic heterocycles. The fourth-order valence-electron chi connectivity index (χ4n) is 8.47. The summed E-state index contributed by atoms with van der Waals surface area (Å²) >= 11 is 3.96. The van der Waals surface area contributed by atoms with Crippen LogP contribution >= 0.6 is 23.5 Å². The topological polar surface area (TPSA) is 48.7 Å². The number of ketones is 1. The maximum Gasteiger partial charge on any atom is 0.176 e. The maximum absolute atomic E-state index is 14.0. The molecule has 5 fully saturated rings. The van der Waals surface area contributed by atoms with Gasteiger partial charge in [0, 0.05) is 34.0 Å². The van der Waals surface area contributed by atoms with Gasteiger partial charge in [0.1, 0.15) is 6.26 Å². The van der Waals surface area contributed by atoms with Crippen LogP contribution in [0.4, 0.5) is 0 Å². The number of ether oxygens (including phenoxy) is 2. The smallest absolute Gasteiger partial charge is 0.176 e. The minimum atomic E-state index is -0.509. The van der Waals surface area contributed by atoms with Gasteiger partial charge >= 0.3 is 0 Å². The van der Waals surface area contributed by atoms with Crippen molar-refractivity contribution in [2.45, 2.75) is 65.1 Å². The SMILES string of the molecule is CO[C@@]12CC[C@@]3(CO1)C(=CC[C@@H]1[C@@H]3CC[C@@](C)(C(=O)c3ccoc3)[C@H]1C=C1SCCCS1)C2(C)C. The molecule has 7 rings (SSSR count). The van der Waals surface area contributed by atoms with E-state index in [2.05, 4.69) is 32.9 Å². The summed E-state index contributed by atoms with van der Waals surface area (Å²) in [6, 6.07) is 1.84. The molecule has 3 aliphatic heterocycles. The Morgan fingerprint density at radius 3 is 2.63 bits per heavy atom. The molecule has 2 saturated carbocycles. The molecule has 0 unspecified atom stereocenters. The Morgan fingerprint density at radius 1 is 1.17 bits per heavy atom. The molecule has 190 valence electrons. The van der Waals surface area contributed by atoms with Gasteiger partial charge in [-0.1, -0.05) is 38.5 Å². The molecule has 35 heavy (non-hydrogen) atoms. The summed E-state index contributed by atoms with van der Waals surface area (Å²) < 4.78 is 19.4. The Balaban J connectivity index is 1.43. The van der Waals surface area contributed by atoms with Gasteiger partial charge in [0.15, 0.2) is 11.6 Å². The zero-order valence-corrected chi connectivity index (χ0v) is 23.1. The minimum absolute atomic E-state index is 0.0658. The lowest BCUT2D eigenvalue weighted by atomic mass is 9.42. The van der Waals surface area contributed by atoms with Gasteiger partial charge in [-0.05, 0) is 67.4 Å². The van der Waals surface area contributed by atoms with E-state index in [1.807, 2.05) is 36.7 Å². The fourth-order valence-corrected chi connectivity index (χ4v) is 11.0. The highest BCUT2D eigenvalue weighted by Crippen LogP contribution is 2.70. The molecule has 1 spiro atoms. The first-order valence-electron chi connectivity index (χ1n) is 13.2. The molecule has 6 atom stereocenters. The van der Waals surface area contributed by atoms with Crippen LogP contribution in [0.5, 0.6) is 0 Å². The van der Waals surface area contributed by atoms with E-state index in [0.29, 0.717) is 17.4 Å². The number of methoxy groups -OCH3 is 1. The Labute approximate surface area is 218 Å². The molecular weight excluding hydrogens is 476 g/mol. The van der Waals surface area contributed by atoms with E-state index >= 15 is 0 Å². The van der Waals surface area contributed by atoms with E-state index in [1.54, 1.807) is 18.1 Å². The number of rotatable bonds is 4. The predicted octanol–water partition coefficient (Wildman–Crippen LogP) is 7.33. The van der Waals surface area contributed by atoms with Crippen molar-refractivity contribution in [2.75, 3.05) is 25.2 Å². The Hall–Kier alpha value is -0.950. The number of carbonyl (C=O) groups is 1. The van der Waals surface area contributed by atoms with Crippen LogP contribution in [-0.4, -0.2) is 36.8 Å². The molecule has 2 bridgehead atoms. The molecule has 3 saturated heterocycles. The number of furan rings is 1. The van der Waals surface area contributed by atoms with Crippen LogP contribution in [0.15, 0.2) is 45.0 Å². The lowest BCUT2D eigenvalue weighted by Crippen LogP contribution is -2.68. The van der Waals surface area contributed by atoms with Crippen LogP contribution in [0.25, 0.3) is 0 Å². The molecule has 1 aromatic rings. The number of hydrogen-bond acceptors (Lipinski definition) is 6. The van der Waals surface area contributed by atoms with Gasteiger partial charge in [-0.25, -0.2) is 0 Å². The van der Waals surface area contributed by atoms with Crippen molar-refractivity contribution in [3.8, 4) is 0 Å². The van der Waals surface area contributed by atoms with Crippen molar-refractivity contribution in [1.29, 1.82) is 0 Å². The van der Waals surface area contributed by atoms with E-state index < -0.39 is 11.2 Å². The second-order valence-corrected chi connectivity index (χ2v) is 14.5. The largest absolute Gasteiger partial charge is 0.472 e. The van der Waals surface area contributed by atoms with Gasteiger partial charge in [0.05, 0.1) is 18.4 Å². The van der Waals surface area contributed by atoms with Crippen molar-refractivity contribution in [2.24, 2.45) is 34.0 Å². The van der Waals surface area contributed by atoms with Crippen LogP contribution in [-0.2, 0) is 9.47 Å². The van der Waals surface area contributed by atoms with Crippen LogP contribution in [0.1, 0.15) is 69.7 Å². The van der Waals surface area contributed by atoms with Crippen LogP contribution in [0, 0.1) is 34.0 Å². The van der Waals surface area contributed by atoms with Crippen molar-refractivity contribution in [3.05, 3.63) is 46.1 Å². The first-order chi connectivity index (χ1) is 16.8. The molecule has 3 aliphatic carbocycles. The summed E-state index contributed by atoms with van der Waals surface area (Å²) in [6.07, 6.45) is 14.6. The lowest BCUT2D eigenvalue weighted by molar-refractivity contribution is -0.344. The molecule has 4 nitrogen and oxygen atoms in total. The summed E-state index contributed by atoms with van der Waals surface area (Å²) in [5.41, 5.74) is 1.78. The van der Waals surface area contributed by atoms with Gasteiger partial charge in [0.2, 0.25) is 0 Å². The van der Waals surface area contributed by atoms with Crippen LogP contribution < -0.4 is 0 Å². The average molecular weight is 515 g/mol. The second-order valence-electron chi connectivity index (χ2n) is 12.0. The summed E-state index contributed by atoms with van der Waals surface area (Å²) in [7, 11) is 1.81. The summed E-state index contributed by atoms with van der Waals surface area (Å²) in [5.74, 6) is 3.28. The standard InChI is InChI=1S/C29H38O4S2/c1-26(2)23-7-6-20-21(28(23)11-12-29(26,31-4)33-18-28)8-10-27(3,25(30)19-9-13-32-17-19)22(20)16-24-34-14-5-15-35-24/h7,9,13,16-17,20-22H,5-6,8,10-12,14-15,18H2,1-4H3/t20-,21+,22+,27-,28+,29+/m1/s1. The number of thioether (sulfide) groups is 2. The summed E-state index contributed by atoms with van der Waals surface area (Å²) in [6.45, 7) is 7.61. The van der Waals surface area contributed by atoms with Gasteiger partial charge in [-0.15, -0.1) is 23.5 Å². The van der Waals surface area contributed by atoms with E-state index in [-0.39, 0.29) is 22.5 Å². The fraction of sp³-hybridized carbons (Fsp3) is 0.690. The number of allylic oxidation sites excluding steroid dienone is 2.